The molecule has 1 heterocycles. The maximum absolute atomic E-state index is 14.2. The predicted octanol–water partition coefficient (Wildman–Crippen LogP) is 2.86. The minimum Gasteiger partial charge on any atom is -0.399 e. The van der Waals surface area contributed by atoms with Crippen molar-refractivity contribution in [3.05, 3.63) is 29.8 Å². The standard InChI is InChI=1S/C38H66N6O8S/c1-13-25(6)34(43(10)38(48)32(23(2)3)40-37(47)33(24(4)5)42(8)9)30(51-11)21-31(45)44-20-14-15-29(44)35(52-12)26(7)36(46)41-53(49,50)22-27-16-18-28(39)19-17-27/h16-19,23-26,29-30,32-35H,13-15,20-22,39H2,1-12H3,(H,40,47)(H,41,46)/t25-,26+,29-,30+,32-,33?,34-,35+/m0/s1. The molecule has 1 fully saturated rings. The summed E-state index contributed by atoms with van der Waals surface area (Å²) in [4.78, 5) is 60.1. The Morgan fingerprint density at radius 2 is 1.55 bits per heavy atom. The molecule has 8 atom stereocenters. The number of hydrogen-bond donors (Lipinski definition) is 3. The Bertz CT molecular complexity index is 1460. The van der Waals surface area contributed by atoms with Crippen LogP contribution >= 0.6 is 0 Å². The number of benzene rings is 1. The van der Waals surface area contributed by atoms with E-state index in [4.69, 9.17) is 15.2 Å². The van der Waals surface area contributed by atoms with Gasteiger partial charge in [-0.25, -0.2) is 8.42 Å². The summed E-state index contributed by atoms with van der Waals surface area (Å²) < 4.78 is 39.7. The van der Waals surface area contributed by atoms with E-state index in [-0.39, 0.29) is 41.9 Å². The summed E-state index contributed by atoms with van der Waals surface area (Å²) in [5.41, 5.74) is 6.68. The molecule has 0 saturated carbocycles. The van der Waals surface area contributed by atoms with Gasteiger partial charge in [-0.15, -0.1) is 0 Å². The van der Waals surface area contributed by atoms with Crippen molar-refractivity contribution in [2.75, 3.05) is 47.6 Å². The number of nitrogens with one attached hydrogen (secondary N) is 2. The molecule has 0 radical (unpaired) electrons. The first-order chi connectivity index (χ1) is 24.7. The number of likely N-dealkylation sites (N-methyl/N-ethyl adjacent to an activating group) is 2. The second kappa shape index (κ2) is 20.4. The summed E-state index contributed by atoms with van der Waals surface area (Å²) in [6.45, 7) is 13.8. The van der Waals surface area contributed by atoms with Crippen molar-refractivity contribution in [2.24, 2.45) is 23.7 Å². The minimum absolute atomic E-state index is 0.0280. The van der Waals surface area contributed by atoms with E-state index < -0.39 is 64.0 Å². The van der Waals surface area contributed by atoms with Crippen LogP contribution < -0.4 is 15.8 Å². The Morgan fingerprint density at radius 1 is 0.943 bits per heavy atom. The number of carbonyl (C=O) groups excluding carboxylic acids is 4. The van der Waals surface area contributed by atoms with Crippen LogP contribution in [0.25, 0.3) is 0 Å². The Hall–Kier alpha value is -3.27. The topological polar surface area (TPSA) is 181 Å². The summed E-state index contributed by atoms with van der Waals surface area (Å²) in [5.74, 6) is -2.97. The largest absolute Gasteiger partial charge is 0.399 e. The summed E-state index contributed by atoms with van der Waals surface area (Å²) in [6, 6.07) is 4.17. The number of rotatable bonds is 20. The SMILES string of the molecule is CC[C@H](C)[C@@H]([C@@H](CC(=O)N1CCC[C@H]1[C@H](OC)[C@@H](C)C(=O)NS(=O)(=O)Cc1ccc(N)cc1)OC)N(C)C(=O)[C@@H](NC(=O)C(C(C)C)N(C)C)C(C)C. The fourth-order valence-corrected chi connectivity index (χ4v) is 8.72. The maximum Gasteiger partial charge on any atom is 0.245 e. The lowest BCUT2D eigenvalue weighted by Crippen LogP contribution is -2.59. The van der Waals surface area contributed by atoms with Gasteiger partial charge in [-0.1, -0.05) is 67.0 Å². The van der Waals surface area contributed by atoms with E-state index in [2.05, 4.69) is 10.0 Å². The Balaban J connectivity index is 2.26. The number of amides is 4. The Morgan fingerprint density at radius 3 is 2.04 bits per heavy atom. The van der Waals surface area contributed by atoms with E-state index in [0.29, 0.717) is 37.1 Å². The summed E-state index contributed by atoms with van der Waals surface area (Å²) in [6.07, 6.45) is 0.437. The number of anilines is 1. The van der Waals surface area contributed by atoms with Crippen LogP contribution in [0.3, 0.4) is 0 Å². The molecule has 4 amide bonds. The van der Waals surface area contributed by atoms with Gasteiger partial charge in [0.1, 0.15) is 6.04 Å². The van der Waals surface area contributed by atoms with Crippen molar-refractivity contribution in [1.29, 1.82) is 0 Å². The molecule has 2 rings (SSSR count). The van der Waals surface area contributed by atoms with Gasteiger partial charge >= 0.3 is 0 Å². The molecule has 0 spiro atoms. The lowest BCUT2D eigenvalue weighted by atomic mass is 9.89. The molecule has 0 aromatic heterocycles. The number of likely N-dealkylation sites (tertiary alicyclic amines) is 1. The average Bonchev–Trinajstić information content (AvgIpc) is 3.56. The van der Waals surface area contributed by atoms with Crippen molar-refractivity contribution in [1.82, 2.24) is 24.7 Å². The molecule has 15 heteroatoms. The van der Waals surface area contributed by atoms with Crippen LogP contribution in [0.1, 0.15) is 79.7 Å². The van der Waals surface area contributed by atoms with E-state index >= 15 is 0 Å². The number of methoxy groups -OCH3 is 2. The van der Waals surface area contributed by atoms with E-state index in [0.717, 1.165) is 0 Å². The first-order valence-electron chi connectivity index (χ1n) is 18.7. The number of nitrogen functional groups attached to an aromatic ring is 1. The highest BCUT2D eigenvalue weighted by atomic mass is 32.2. The molecule has 0 bridgehead atoms. The van der Waals surface area contributed by atoms with Crippen LogP contribution in [0.5, 0.6) is 0 Å². The van der Waals surface area contributed by atoms with Crippen LogP contribution in [0.4, 0.5) is 5.69 Å². The van der Waals surface area contributed by atoms with E-state index in [9.17, 15) is 27.6 Å². The number of carbonyl (C=O) groups is 4. The molecule has 1 aliphatic rings. The van der Waals surface area contributed by atoms with Gasteiger partial charge in [-0.05, 0) is 62.4 Å². The zero-order valence-corrected chi connectivity index (χ0v) is 34.7. The normalized spacial score (nSPS) is 19.0. The number of sulfonamides is 1. The highest BCUT2D eigenvalue weighted by Gasteiger charge is 2.43. The fraction of sp³-hybridized carbons (Fsp3) is 0.737. The maximum atomic E-state index is 14.2. The van der Waals surface area contributed by atoms with Gasteiger partial charge in [-0.2, -0.15) is 0 Å². The zero-order chi connectivity index (χ0) is 40.4. The van der Waals surface area contributed by atoms with E-state index in [1.165, 1.54) is 14.2 Å². The van der Waals surface area contributed by atoms with Gasteiger partial charge in [0.25, 0.3) is 0 Å². The molecule has 1 aromatic carbocycles. The molecule has 1 aliphatic heterocycles. The summed E-state index contributed by atoms with van der Waals surface area (Å²) in [7, 11) is 4.32. The minimum atomic E-state index is -4.02. The Kier molecular flexibility index (Phi) is 17.7. The number of nitrogens with zero attached hydrogens (tertiary/aromatic N) is 3. The second-order valence-electron chi connectivity index (χ2n) is 15.4. The monoisotopic (exact) mass is 766 g/mol. The highest BCUT2D eigenvalue weighted by Crippen LogP contribution is 2.30. The third kappa shape index (κ3) is 12.4. The fourth-order valence-electron chi connectivity index (χ4n) is 7.53. The Labute approximate surface area is 317 Å². The predicted molar refractivity (Wildman–Crippen MR) is 207 cm³/mol. The molecular weight excluding hydrogens is 701 g/mol. The van der Waals surface area contributed by atoms with Gasteiger partial charge in [0.2, 0.25) is 33.7 Å². The lowest BCUT2D eigenvalue weighted by Gasteiger charge is -2.41. The first-order valence-corrected chi connectivity index (χ1v) is 20.3. The lowest BCUT2D eigenvalue weighted by molar-refractivity contribution is -0.148. The molecule has 1 aromatic rings. The van der Waals surface area contributed by atoms with Gasteiger partial charge in [0.05, 0.1) is 48.4 Å². The molecule has 4 N–H and O–H groups in total. The van der Waals surface area contributed by atoms with Crippen LogP contribution in [0.15, 0.2) is 24.3 Å². The molecule has 53 heavy (non-hydrogen) atoms. The molecular formula is C38H66N6O8S. The first kappa shape index (κ1) is 45.9. The molecule has 1 unspecified atom stereocenters. The van der Waals surface area contributed by atoms with E-state index in [1.54, 1.807) is 48.0 Å². The molecule has 14 nitrogen and oxygen atoms in total. The van der Waals surface area contributed by atoms with Crippen LogP contribution in [0, 0.1) is 23.7 Å². The van der Waals surface area contributed by atoms with Gasteiger partial charge in [-0.3, -0.25) is 28.8 Å². The third-order valence-electron chi connectivity index (χ3n) is 10.5. The van der Waals surface area contributed by atoms with Crippen LogP contribution in [0.2, 0.25) is 0 Å². The van der Waals surface area contributed by atoms with Crippen LogP contribution in [-0.2, 0) is 44.4 Å². The van der Waals surface area contributed by atoms with Crippen molar-refractivity contribution in [2.45, 2.75) is 116 Å². The number of ether oxygens (including phenoxy) is 2. The number of nitrogens with two attached hydrogens (primary N) is 1. The van der Waals surface area contributed by atoms with Gasteiger partial charge in [0.15, 0.2) is 0 Å². The highest BCUT2D eigenvalue weighted by molar-refractivity contribution is 7.89. The molecule has 302 valence electrons. The summed E-state index contributed by atoms with van der Waals surface area (Å²) in [5, 5.41) is 3.01. The third-order valence-corrected chi connectivity index (χ3v) is 11.8. The van der Waals surface area contributed by atoms with Crippen LogP contribution in [-0.4, -0.2) is 125 Å². The quantitative estimate of drug-likeness (QED) is 0.167. The van der Waals surface area contributed by atoms with Crippen molar-refractivity contribution < 1.29 is 37.1 Å². The average molecular weight is 767 g/mol. The van der Waals surface area contributed by atoms with Gasteiger partial charge in [0, 0.05) is 33.5 Å². The van der Waals surface area contributed by atoms with Gasteiger partial charge < -0.3 is 30.3 Å². The van der Waals surface area contributed by atoms with Crippen molar-refractivity contribution in [3.63, 3.8) is 0 Å². The molecule has 0 aliphatic carbocycles. The second-order valence-corrected chi connectivity index (χ2v) is 17.2. The smallest absolute Gasteiger partial charge is 0.245 e. The zero-order valence-electron chi connectivity index (χ0n) is 33.9. The summed E-state index contributed by atoms with van der Waals surface area (Å²) >= 11 is 0. The van der Waals surface area contributed by atoms with E-state index in [1.807, 2.05) is 60.5 Å². The molecule has 1 saturated heterocycles. The van der Waals surface area contributed by atoms with Crippen molar-refractivity contribution in [3.8, 4) is 0 Å². The number of hydrogen-bond acceptors (Lipinski definition) is 10. The van der Waals surface area contributed by atoms with Crippen molar-refractivity contribution >= 4 is 39.3 Å².